The molecular formula is C16H32N8. The fraction of sp³-hybridized carbons (Fsp3) is 0.625. The highest BCUT2D eigenvalue weighted by Crippen LogP contribution is 2.29. The molecule has 8 N–H and O–H groups in total. The van der Waals surface area contributed by atoms with Crippen molar-refractivity contribution in [2.45, 2.75) is 59.4 Å². The number of nitrogens with two attached hydrogens (primary N) is 4. The maximum atomic E-state index is 5.78. The number of rotatable bonds is 0. The molecule has 0 aliphatic heterocycles. The van der Waals surface area contributed by atoms with Gasteiger partial charge in [0.05, 0.1) is 28.3 Å². The zero-order chi connectivity index (χ0) is 19.0. The van der Waals surface area contributed by atoms with Gasteiger partial charge in [-0.15, -0.1) is 0 Å². The van der Waals surface area contributed by atoms with Crippen LogP contribution in [0.5, 0.6) is 0 Å². The van der Waals surface area contributed by atoms with Crippen molar-refractivity contribution in [3.8, 4) is 0 Å². The highest BCUT2D eigenvalue weighted by atomic mass is 15.4. The summed E-state index contributed by atoms with van der Waals surface area (Å²) in [5.74, 6) is 1.10. The largest absolute Gasteiger partial charge is 0.394 e. The number of aryl methyl sites for hydroxylation is 2. The molecule has 2 aromatic heterocycles. The molecule has 24 heavy (non-hydrogen) atoms. The van der Waals surface area contributed by atoms with Crippen LogP contribution in [0.1, 0.15) is 52.9 Å². The van der Waals surface area contributed by atoms with Gasteiger partial charge in [0.25, 0.3) is 0 Å². The second-order valence-corrected chi connectivity index (χ2v) is 7.99. The van der Waals surface area contributed by atoms with E-state index >= 15 is 0 Å². The molecule has 136 valence electrons. The predicted molar refractivity (Wildman–Crippen MR) is 102 cm³/mol. The van der Waals surface area contributed by atoms with E-state index in [1.807, 2.05) is 27.7 Å². The Balaban J connectivity index is 0.000000240. The second kappa shape index (κ2) is 6.26. The lowest BCUT2D eigenvalue weighted by molar-refractivity contribution is 0.360. The summed E-state index contributed by atoms with van der Waals surface area (Å²) in [6, 6.07) is 0. The second-order valence-electron chi connectivity index (χ2n) is 7.99. The molecule has 0 amide bonds. The molecule has 0 aliphatic carbocycles. The molecule has 0 fully saturated rings. The predicted octanol–water partition coefficient (Wildman–Crippen LogP) is 1.99. The van der Waals surface area contributed by atoms with Gasteiger partial charge in [-0.3, -0.25) is 4.68 Å². The fourth-order valence-corrected chi connectivity index (χ4v) is 2.18. The average Bonchev–Trinajstić information content (AvgIpc) is 2.84. The van der Waals surface area contributed by atoms with Gasteiger partial charge < -0.3 is 22.9 Å². The number of anilines is 4. The first kappa shape index (κ1) is 19.7. The third kappa shape index (κ3) is 3.93. The highest BCUT2D eigenvalue weighted by Gasteiger charge is 2.23. The minimum absolute atomic E-state index is 0.0422. The molecule has 2 aromatic rings. The molecule has 8 heteroatoms. The standard InChI is InChI=1S/2C8H16N4/c1-8(2,3)6-5(9)7(10)12(4)11-6;1-5-6(9)7(10)12(11-5)8(2,3)4/h2*9-10H2,1-4H3. The minimum atomic E-state index is -0.105. The topological polar surface area (TPSA) is 140 Å². The highest BCUT2D eigenvalue weighted by molar-refractivity contribution is 5.63. The van der Waals surface area contributed by atoms with Crippen LogP contribution in [0.15, 0.2) is 0 Å². The summed E-state index contributed by atoms with van der Waals surface area (Å²) in [7, 11) is 1.79. The van der Waals surface area contributed by atoms with Crippen LogP contribution in [0.25, 0.3) is 0 Å². The Labute approximate surface area is 144 Å². The van der Waals surface area contributed by atoms with Crippen molar-refractivity contribution in [1.29, 1.82) is 0 Å². The molecule has 8 nitrogen and oxygen atoms in total. The van der Waals surface area contributed by atoms with Crippen LogP contribution in [0.3, 0.4) is 0 Å². The molecular weight excluding hydrogens is 304 g/mol. The summed E-state index contributed by atoms with van der Waals surface area (Å²) >= 11 is 0. The molecule has 2 rings (SSSR count). The Morgan fingerprint density at radius 1 is 0.792 bits per heavy atom. The molecule has 0 atom stereocenters. The normalized spacial score (nSPS) is 12.0. The number of nitrogens with zero attached hydrogens (tertiary/aromatic N) is 4. The van der Waals surface area contributed by atoms with Crippen molar-refractivity contribution in [1.82, 2.24) is 19.6 Å². The van der Waals surface area contributed by atoms with Crippen LogP contribution >= 0.6 is 0 Å². The van der Waals surface area contributed by atoms with Crippen LogP contribution in [-0.2, 0) is 18.0 Å². The number of aromatic nitrogens is 4. The number of hydrogen-bond donors (Lipinski definition) is 4. The smallest absolute Gasteiger partial charge is 0.145 e. The van der Waals surface area contributed by atoms with Crippen molar-refractivity contribution in [3.63, 3.8) is 0 Å². The molecule has 2 heterocycles. The first-order valence-corrected chi connectivity index (χ1v) is 7.87. The Kier molecular flexibility index (Phi) is 5.13. The third-order valence-electron chi connectivity index (χ3n) is 3.62. The summed E-state index contributed by atoms with van der Waals surface area (Å²) < 4.78 is 3.35. The third-order valence-corrected chi connectivity index (χ3v) is 3.62. The fourth-order valence-electron chi connectivity index (χ4n) is 2.18. The molecule has 0 saturated carbocycles. The average molecular weight is 336 g/mol. The lowest BCUT2D eigenvalue weighted by atomic mass is 9.91. The van der Waals surface area contributed by atoms with E-state index in [0.717, 1.165) is 11.4 Å². The van der Waals surface area contributed by atoms with Gasteiger partial charge >= 0.3 is 0 Å². The maximum Gasteiger partial charge on any atom is 0.145 e. The molecule has 0 aromatic carbocycles. The van der Waals surface area contributed by atoms with Crippen molar-refractivity contribution in [3.05, 3.63) is 11.4 Å². The van der Waals surface area contributed by atoms with E-state index in [4.69, 9.17) is 22.9 Å². The van der Waals surface area contributed by atoms with Crippen molar-refractivity contribution >= 4 is 23.0 Å². The van der Waals surface area contributed by atoms with Crippen LogP contribution in [0.4, 0.5) is 23.0 Å². The zero-order valence-electron chi connectivity index (χ0n) is 16.1. The zero-order valence-corrected chi connectivity index (χ0v) is 16.1. The van der Waals surface area contributed by atoms with Crippen LogP contribution < -0.4 is 22.9 Å². The van der Waals surface area contributed by atoms with Gasteiger partial charge in [0.15, 0.2) is 0 Å². The Bertz CT molecular complexity index is 648. The van der Waals surface area contributed by atoms with Crippen LogP contribution in [-0.4, -0.2) is 19.6 Å². The van der Waals surface area contributed by atoms with Gasteiger partial charge in [-0.2, -0.15) is 10.2 Å². The monoisotopic (exact) mass is 336 g/mol. The van der Waals surface area contributed by atoms with Crippen LogP contribution in [0.2, 0.25) is 0 Å². The van der Waals surface area contributed by atoms with Gasteiger partial charge in [0.2, 0.25) is 0 Å². The molecule has 0 unspecified atom stereocenters. The Morgan fingerprint density at radius 2 is 1.29 bits per heavy atom. The summed E-state index contributed by atoms with van der Waals surface area (Å²) in [5, 5.41) is 8.50. The molecule has 0 bridgehead atoms. The van der Waals surface area contributed by atoms with Gasteiger partial charge in [-0.25, -0.2) is 4.68 Å². The summed E-state index contributed by atoms with van der Waals surface area (Å²) in [6.45, 7) is 14.1. The Morgan fingerprint density at radius 3 is 1.46 bits per heavy atom. The van der Waals surface area contributed by atoms with E-state index in [1.54, 1.807) is 16.4 Å². The van der Waals surface area contributed by atoms with Crippen molar-refractivity contribution in [2.24, 2.45) is 7.05 Å². The minimum Gasteiger partial charge on any atom is -0.394 e. The van der Waals surface area contributed by atoms with Crippen molar-refractivity contribution < 1.29 is 0 Å². The van der Waals surface area contributed by atoms with Gasteiger partial charge in [-0.1, -0.05) is 20.8 Å². The SMILES string of the molecule is Cc1nn(C(C)(C)C)c(N)c1N.Cn1nc(C(C)(C)C)c(N)c1N. The number of hydrogen-bond acceptors (Lipinski definition) is 6. The quantitative estimate of drug-likeness (QED) is 0.580. The molecule has 0 aliphatic rings. The molecule has 0 saturated heterocycles. The molecule has 0 radical (unpaired) electrons. The lowest BCUT2D eigenvalue weighted by Crippen LogP contribution is -2.24. The van der Waals surface area contributed by atoms with E-state index in [-0.39, 0.29) is 11.0 Å². The first-order chi connectivity index (χ1) is 10.7. The first-order valence-electron chi connectivity index (χ1n) is 7.87. The number of nitrogen functional groups attached to an aromatic ring is 4. The van der Waals surface area contributed by atoms with Crippen LogP contribution in [0, 0.1) is 6.92 Å². The summed E-state index contributed by atoms with van der Waals surface area (Å²) in [4.78, 5) is 0. The van der Waals surface area contributed by atoms with Crippen molar-refractivity contribution in [2.75, 3.05) is 22.9 Å². The van der Waals surface area contributed by atoms with E-state index in [1.165, 1.54) is 0 Å². The van der Waals surface area contributed by atoms with E-state index in [0.29, 0.717) is 23.0 Å². The Hall–Kier alpha value is -2.38. The van der Waals surface area contributed by atoms with Gasteiger partial charge in [-0.05, 0) is 27.7 Å². The van der Waals surface area contributed by atoms with E-state index in [9.17, 15) is 0 Å². The van der Waals surface area contributed by atoms with E-state index in [2.05, 4.69) is 31.0 Å². The van der Waals surface area contributed by atoms with Gasteiger partial charge in [0, 0.05) is 12.5 Å². The molecule has 0 spiro atoms. The lowest BCUT2D eigenvalue weighted by Gasteiger charge is -2.20. The maximum absolute atomic E-state index is 5.78. The van der Waals surface area contributed by atoms with E-state index < -0.39 is 0 Å². The summed E-state index contributed by atoms with van der Waals surface area (Å²) in [5.41, 5.74) is 25.6. The summed E-state index contributed by atoms with van der Waals surface area (Å²) in [6.07, 6.45) is 0. The van der Waals surface area contributed by atoms with Gasteiger partial charge in [0.1, 0.15) is 11.6 Å².